The molecule has 1 aromatic rings. The summed E-state index contributed by atoms with van der Waals surface area (Å²) in [5, 5.41) is 0. The summed E-state index contributed by atoms with van der Waals surface area (Å²) in [6.07, 6.45) is 6.86. The number of nitrogens with zero attached hydrogens (tertiary/aromatic N) is 1. The predicted molar refractivity (Wildman–Crippen MR) is 71.4 cm³/mol. The topological polar surface area (TPSA) is 12.4 Å². The molecule has 1 aliphatic carbocycles. The van der Waals surface area contributed by atoms with Gasteiger partial charge in [0.05, 0.1) is 5.69 Å². The molecule has 1 heteroatoms. The van der Waals surface area contributed by atoms with Gasteiger partial charge in [-0.1, -0.05) is 17.7 Å². The normalized spacial score (nSPS) is 15.4. The quantitative estimate of drug-likeness (QED) is 0.646. The second kappa shape index (κ2) is 4.48. The van der Waals surface area contributed by atoms with E-state index in [0.717, 1.165) is 12.1 Å². The van der Waals surface area contributed by atoms with Crippen LogP contribution in [0.5, 0.6) is 0 Å². The number of hydrogen-bond acceptors (Lipinski definition) is 1. The third kappa shape index (κ3) is 1.99. The van der Waals surface area contributed by atoms with Crippen LogP contribution in [0.2, 0.25) is 0 Å². The van der Waals surface area contributed by atoms with Crippen LogP contribution in [0.4, 0.5) is 5.69 Å². The number of fused-ring (bicyclic) bond motifs is 1. The van der Waals surface area contributed by atoms with Gasteiger partial charge in [-0.05, 0) is 62.1 Å². The van der Waals surface area contributed by atoms with E-state index in [1.165, 1.54) is 22.3 Å². The zero-order valence-electron chi connectivity index (χ0n) is 10.1. The van der Waals surface area contributed by atoms with Crippen molar-refractivity contribution in [1.29, 1.82) is 0 Å². The van der Waals surface area contributed by atoms with Gasteiger partial charge in [-0.3, -0.25) is 4.99 Å². The first-order valence-electron chi connectivity index (χ1n) is 5.67. The van der Waals surface area contributed by atoms with Crippen molar-refractivity contribution in [2.24, 2.45) is 4.99 Å². The van der Waals surface area contributed by atoms with Gasteiger partial charge in [0.1, 0.15) is 0 Å². The van der Waals surface area contributed by atoms with Gasteiger partial charge in [0.15, 0.2) is 0 Å². The van der Waals surface area contributed by atoms with E-state index in [1.807, 2.05) is 25.3 Å². The maximum atomic E-state index is 4.40. The van der Waals surface area contributed by atoms with Crippen LogP contribution in [0.1, 0.15) is 31.9 Å². The molecule has 0 spiro atoms. The molecule has 0 bridgehead atoms. The van der Waals surface area contributed by atoms with Crippen LogP contribution < -0.4 is 0 Å². The highest BCUT2D eigenvalue weighted by Crippen LogP contribution is 2.34. The summed E-state index contributed by atoms with van der Waals surface area (Å²) in [6.45, 7) is 6.39. The Labute approximate surface area is 97.2 Å². The molecule has 0 aliphatic heterocycles. The summed E-state index contributed by atoms with van der Waals surface area (Å²) in [5.41, 5.74) is 6.72. The molecule has 1 aromatic carbocycles. The van der Waals surface area contributed by atoms with Gasteiger partial charge in [-0.2, -0.15) is 0 Å². The van der Waals surface area contributed by atoms with Crippen molar-refractivity contribution in [1.82, 2.24) is 0 Å². The SMILES string of the molecule is C/C=C/C=Nc1ccc2c(c1)C(C)=C(C)C2. The summed E-state index contributed by atoms with van der Waals surface area (Å²) in [6, 6.07) is 6.46. The summed E-state index contributed by atoms with van der Waals surface area (Å²) in [4.78, 5) is 4.40. The maximum Gasteiger partial charge on any atom is 0.0635 e. The van der Waals surface area contributed by atoms with Crippen LogP contribution in [0.25, 0.3) is 5.57 Å². The van der Waals surface area contributed by atoms with Crippen molar-refractivity contribution in [3.05, 3.63) is 47.1 Å². The fourth-order valence-electron chi connectivity index (χ4n) is 2.01. The van der Waals surface area contributed by atoms with Crippen molar-refractivity contribution >= 4 is 17.5 Å². The zero-order chi connectivity index (χ0) is 11.5. The third-order valence-electron chi connectivity index (χ3n) is 3.10. The van der Waals surface area contributed by atoms with Crippen molar-refractivity contribution in [3.63, 3.8) is 0 Å². The third-order valence-corrected chi connectivity index (χ3v) is 3.10. The van der Waals surface area contributed by atoms with Crippen LogP contribution in [0.15, 0.2) is 40.9 Å². The van der Waals surface area contributed by atoms with Crippen molar-refractivity contribution in [3.8, 4) is 0 Å². The van der Waals surface area contributed by atoms with Crippen LogP contribution in [-0.4, -0.2) is 6.21 Å². The first kappa shape index (κ1) is 10.9. The molecule has 0 amide bonds. The Balaban J connectivity index is 2.33. The Morgan fingerprint density at radius 1 is 1.25 bits per heavy atom. The molecule has 0 fully saturated rings. The minimum Gasteiger partial charge on any atom is -0.257 e. The molecule has 1 nitrogen and oxygen atoms in total. The molecule has 0 saturated carbocycles. The molecule has 0 heterocycles. The predicted octanol–water partition coefficient (Wildman–Crippen LogP) is 4.31. The van der Waals surface area contributed by atoms with E-state index in [-0.39, 0.29) is 0 Å². The first-order valence-corrected chi connectivity index (χ1v) is 5.67. The lowest BCUT2D eigenvalue weighted by Gasteiger charge is -2.02. The molecule has 0 saturated heterocycles. The lowest BCUT2D eigenvalue weighted by molar-refractivity contribution is 1.19. The molecule has 1 aliphatic rings. The van der Waals surface area contributed by atoms with Gasteiger partial charge >= 0.3 is 0 Å². The van der Waals surface area contributed by atoms with E-state index in [4.69, 9.17) is 0 Å². The number of allylic oxidation sites excluding steroid dienone is 4. The summed E-state index contributed by atoms with van der Waals surface area (Å²) in [7, 11) is 0. The molecular weight excluding hydrogens is 194 g/mol. The molecule has 16 heavy (non-hydrogen) atoms. The highest BCUT2D eigenvalue weighted by Gasteiger charge is 2.15. The maximum absolute atomic E-state index is 4.40. The fraction of sp³-hybridized carbons (Fsp3) is 0.267. The van der Waals surface area contributed by atoms with Gasteiger partial charge in [0.25, 0.3) is 0 Å². The van der Waals surface area contributed by atoms with Crippen LogP contribution in [-0.2, 0) is 6.42 Å². The average Bonchev–Trinajstić information content (AvgIpc) is 2.56. The molecular formula is C15H17N. The first-order chi connectivity index (χ1) is 7.72. The Bertz CT molecular complexity index is 490. The zero-order valence-corrected chi connectivity index (χ0v) is 10.1. The van der Waals surface area contributed by atoms with Gasteiger partial charge < -0.3 is 0 Å². The van der Waals surface area contributed by atoms with Crippen LogP contribution >= 0.6 is 0 Å². The summed E-state index contributed by atoms with van der Waals surface area (Å²) >= 11 is 0. The second-order valence-electron chi connectivity index (χ2n) is 4.23. The highest BCUT2D eigenvalue weighted by molar-refractivity contribution is 5.79. The molecule has 0 unspecified atom stereocenters. The fourth-order valence-corrected chi connectivity index (χ4v) is 2.01. The van der Waals surface area contributed by atoms with E-state index in [0.29, 0.717) is 0 Å². The molecule has 0 radical (unpaired) electrons. The van der Waals surface area contributed by atoms with Gasteiger partial charge in [-0.25, -0.2) is 0 Å². The molecule has 0 N–H and O–H groups in total. The van der Waals surface area contributed by atoms with Crippen LogP contribution in [0.3, 0.4) is 0 Å². The Kier molecular flexibility index (Phi) is 3.04. The summed E-state index contributed by atoms with van der Waals surface area (Å²) < 4.78 is 0. The molecule has 82 valence electrons. The standard InChI is InChI=1S/C15H17N/c1-4-5-8-16-14-7-6-13-9-11(2)12(3)15(13)10-14/h4-8,10H,9H2,1-3H3/b5-4+,16-8?. The lowest BCUT2D eigenvalue weighted by Crippen LogP contribution is -1.82. The van der Waals surface area contributed by atoms with Crippen molar-refractivity contribution < 1.29 is 0 Å². The largest absolute Gasteiger partial charge is 0.257 e. The van der Waals surface area contributed by atoms with E-state index in [9.17, 15) is 0 Å². The second-order valence-corrected chi connectivity index (χ2v) is 4.23. The van der Waals surface area contributed by atoms with Gasteiger partial charge in [0.2, 0.25) is 0 Å². The Hall–Kier alpha value is -1.63. The van der Waals surface area contributed by atoms with Crippen molar-refractivity contribution in [2.45, 2.75) is 27.2 Å². The average molecular weight is 211 g/mol. The van der Waals surface area contributed by atoms with Gasteiger partial charge in [0, 0.05) is 6.21 Å². The molecule has 2 rings (SSSR count). The number of benzene rings is 1. The van der Waals surface area contributed by atoms with E-state index < -0.39 is 0 Å². The van der Waals surface area contributed by atoms with Gasteiger partial charge in [-0.15, -0.1) is 0 Å². The molecule has 0 atom stereocenters. The minimum atomic E-state index is 1.03. The summed E-state index contributed by atoms with van der Waals surface area (Å²) in [5.74, 6) is 0. The van der Waals surface area contributed by atoms with Crippen LogP contribution in [0, 0.1) is 0 Å². The van der Waals surface area contributed by atoms with Crippen molar-refractivity contribution in [2.75, 3.05) is 0 Å². The van der Waals surface area contributed by atoms with E-state index in [1.54, 1.807) is 0 Å². The highest BCUT2D eigenvalue weighted by atomic mass is 14.7. The number of rotatable bonds is 2. The lowest BCUT2D eigenvalue weighted by atomic mass is 10.1. The smallest absolute Gasteiger partial charge is 0.0635 e. The minimum absolute atomic E-state index is 1.03. The number of aliphatic imine (C=N–C) groups is 1. The Morgan fingerprint density at radius 3 is 2.81 bits per heavy atom. The molecule has 0 aromatic heterocycles. The number of hydrogen-bond donors (Lipinski definition) is 0. The van der Waals surface area contributed by atoms with E-state index in [2.05, 4.69) is 37.0 Å². The Morgan fingerprint density at radius 2 is 2.06 bits per heavy atom. The monoisotopic (exact) mass is 211 g/mol. The van der Waals surface area contributed by atoms with E-state index >= 15 is 0 Å².